The van der Waals surface area contributed by atoms with Crippen molar-refractivity contribution in [3.63, 3.8) is 0 Å². The van der Waals surface area contributed by atoms with Gasteiger partial charge < -0.3 is 10.2 Å². The number of rotatable bonds is 7. The molecular weight excluding hydrogens is 278 g/mol. The monoisotopic (exact) mass is 303 g/mol. The summed E-state index contributed by atoms with van der Waals surface area (Å²) in [5.41, 5.74) is 1.85. The van der Waals surface area contributed by atoms with Gasteiger partial charge in [-0.05, 0) is 30.5 Å². The average molecular weight is 303 g/mol. The van der Waals surface area contributed by atoms with E-state index in [-0.39, 0.29) is 11.8 Å². The number of nitrogens with one attached hydrogen (secondary N) is 1. The molecule has 1 N–H and O–H groups in total. The lowest BCUT2D eigenvalue weighted by Gasteiger charge is -2.22. The van der Waals surface area contributed by atoms with Gasteiger partial charge in [-0.1, -0.05) is 12.1 Å². The van der Waals surface area contributed by atoms with E-state index in [1.54, 1.807) is 26.0 Å². The van der Waals surface area contributed by atoms with Crippen LogP contribution in [0.25, 0.3) is 0 Å². The normalized spacial score (nSPS) is 14.0. The van der Waals surface area contributed by atoms with Gasteiger partial charge in [0.2, 0.25) is 5.91 Å². The van der Waals surface area contributed by atoms with Crippen molar-refractivity contribution in [3.8, 4) is 0 Å². The van der Waals surface area contributed by atoms with Crippen LogP contribution in [0, 0.1) is 0 Å². The molecule has 1 aromatic carbocycles. The van der Waals surface area contributed by atoms with E-state index in [9.17, 15) is 9.59 Å². The molecule has 1 aliphatic rings. The highest BCUT2D eigenvalue weighted by Crippen LogP contribution is 2.28. The van der Waals surface area contributed by atoms with Crippen LogP contribution in [0.2, 0.25) is 0 Å². The lowest BCUT2D eigenvalue weighted by Crippen LogP contribution is -2.31. The molecule has 1 aromatic rings. The molecule has 22 heavy (non-hydrogen) atoms. The number of nitrogens with zero attached hydrogens (tertiary/aromatic N) is 2. The number of benzene rings is 1. The molecule has 0 bridgehead atoms. The van der Waals surface area contributed by atoms with Crippen molar-refractivity contribution in [1.29, 1.82) is 0 Å². The van der Waals surface area contributed by atoms with Crippen molar-refractivity contribution in [3.05, 3.63) is 35.4 Å². The van der Waals surface area contributed by atoms with Crippen LogP contribution < -0.4 is 5.32 Å². The van der Waals surface area contributed by atoms with E-state index >= 15 is 0 Å². The van der Waals surface area contributed by atoms with Crippen LogP contribution in [0.1, 0.15) is 35.2 Å². The third kappa shape index (κ3) is 4.56. The smallest absolute Gasteiger partial charge is 0.251 e. The zero-order valence-corrected chi connectivity index (χ0v) is 13.6. The maximum atomic E-state index is 11.8. The molecule has 120 valence electrons. The Bertz CT molecular complexity index is 521. The first-order chi connectivity index (χ1) is 10.5. The third-order valence-corrected chi connectivity index (χ3v) is 4.00. The fourth-order valence-electron chi connectivity index (χ4n) is 2.43. The van der Waals surface area contributed by atoms with Gasteiger partial charge in [0.15, 0.2) is 0 Å². The maximum Gasteiger partial charge on any atom is 0.251 e. The van der Waals surface area contributed by atoms with Crippen LogP contribution in [0.4, 0.5) is 0 Å². The standard InChI is InChI=1S/C17H25N3O2/c1-18-17(22)14-6-4-13(5-7-14)12-20(15-8-9-15)11-10-16(21)19(2)3/h4-7,15H,8-12H2,1-3H3,(H,18,22). The van der Waals surface area contributed by atoms with Crippen molar-refractivity contribution in [2.24, 2.45) is 0 Å². The summed E-state index contributed by atoms with van der Waals surface area (Å²) in [6.45, 7) is 1.62. The highest BCUT2D eigenvalue weighted by atomic mass is 16.2. The number of amides is 2. The van der Waals surface area contributed by atoms with Crippen LogP contribution in [0.3, 0.4) is 0 Å². The second kappa shape index (κ2) is 7.40. The van der Waals surface area contributed by atoms with Gasteiger partial charge in [0.05, 0.1) is 0 Å². The molecule has 1 saturated carbocycles. The SMILES string of the molecule is CNC(=O)c1ccc(CN(CCC(=O)N(C)C)C2CC2)cc1. The Morgan fingerprint density at radius 2 is 1.82 bits per heavy atom. The van der Waals surface area contributed by atoms with E-state index in [1.807, 2.05) is 24.3 Å². The Hall–Kier alpha value is -1.88. The molecule has 0 saturated heterocycles. The van der Waals surface area contributed by atoms with E-state index in [0.29, 0.717) is 18.0 Å². The summed E-state index contributed by atoms with van der Waals surface area (Å²) in [6, 6.07) is 8.30. The van der Waals surface area contributed by atoms with Gasteiger partial charge >= 0.3 is 0 Å². The molecular formula is C17H25N3O2. The average Bonchev–Trinajstić information content (AvgIpc) is 3.35. The Morgan fingerprint density at radius 3 is 2.32 bits per heavy atom. The summed E-state index contributed by atoms with van der Waals surface area (Å²) in [5, 5.41) is 2.62. The number of carbonyl (C=O) groups is 2. The van der Waals surface area contributed by atoms with Gasteiger partial charge in [0, 0.05) is 52.3 Å². The highest BCUT2D eigenvalue weighted by Gasteiger charge is 2.29. The molecule has 0 unspecified atom stereocenters. The summed E-state index contributed by atoms with van der Waals surface area (Å²) in [7, 11) is 5.22. The summed E-state index contributed by atoms with van der Waals surface area (Å²) in [4.78, 5) is 27.3. The minimum Gasteiger partial charge on any atom is -0.355 e. The lowest BCUT2D eigenvalue weighted by atomic mass is 10.1. The van der Waals surface area contributed by atoms with Gasteiger partial charge in [0.1, 0.15) is 0 Å². The number of hydrogen-bond acceptors (Lipinski definition) is 3. The number of hydrogen-bond donors (Lipinski definition) is 1. The van der Waals surface area contributed by atoms with Gasteiger partial charge in [-0.15, -0.1) is 0 Å². The molecule has 1 fully saturated rings. The molecule has 0 heterocycles. The fraction of sp³-hybridized carbons (Fsp3) is 0.529. The molecule has 5 heteroatoms. The second-order valence-electron chi connectivity index (χ2n) is 6.02. The van der Waals surface area contributed by atoms with Crippen molar-refractivity contribution >= 4 is 11.8 Å². The topological polar surface area (TPSA) is 52.7 Å². The molecule has 2 rings (SSSR count). The molecule has 0 atom stereocenters. The van der Waals surface area contributed by atoms with Gasteiger partial charge in [-0.25, -0.2) is 0 Å². The van der Waals surface area contributed by atoms with Gasteiger partial charge in [-0.3, -0.25) is 14.5 Å². The largest absolute Gasteiger partial charge is 0.355 e. The zero-order valence-electron chi connectivity index (χ0n) is 13.6. The summed E-state index contributed by atoms with van der Waals surface area (Å²) in [6.07, 6.45) is 2.98. The van der Waals surface area contributed by atoms with Crippen molar-refractivity contribution in [2.75, 3.05) is 27.7 Å². The molecule has 0 aromatic heterocycles. The van der Waals surface area contributed by atoms with Crippen molar-refractivity contribution < 1.29 is 9.59 Å². The molecule has 0 spiro atoms. The Balaban J connectivity index is 1.93. The van der Waals surface area contributed by atoms with E-state index in [2.05, 4.69) is 10.2 Å². The van der Waals surface area contributed by atoms with Crippen LogP contribution in [0.5, 0.6) is 0 Å². The summed E-state index contributed by atoms with van der Waals surface area (Å²) >= 11 is 0. The van der Waals surface area contributed by atoms with Crippen LogP contribution in [-0.4, -0.2) is 55.3 Å². The minimum absolute atomic E-state index is 0.0674. The maximum absolute atomic E-state index is 11.8. The first-order valence-corrected chi connectivity index (χ1v) is 7.76. The van der Waals surface area contributed by atoms with Gasteiger partial charge in [-0.2, -0.15) is 0 Å². The Kier molecular flexibility index (Phi) is 5.55. The highest BCUT2D eigenvalue weighted by molar-refractivity contribution is 5.93. The molecule has 0 radical (unpaired) electrons. The third-order valence-electron chi connectivity index (χ3n) is 4.00. The zero-order chi connectivity index (χ0) is 16.1. The molecule has 2 amide bonds. The van der Waals surface area contributed by atoms with Crippen LogP contribution in [0.15, 0.2) is 24.3 Å². The number of carbonyl (C=O) groups excluding carboxylic acids is 2. The summed E-state index contributed by atoms with van der Waals surface area (Å²) in [5.74, 6) is 0.0998. The van der Waals surface area contributed by atoms with Gasteiger partial charge in [0.25, 0.3) is 5.91 Å². The summed E-state index contributed by atoms with van der Waals surface area (Å²) < 4.78 is 0. The van der Waals surface area contributed by atoms with E-state index < -0.39 is 0 Å². The van der Waals surface area contributed by atoms with Crippen LogP contribution in [-0.2, 0) is 11.3 Å². The molecule has 5 nitrogen and oxygen atoms in total. The van der Waals surface area contributed by atoms with Crippen LogP contribution >= 0.6 is 0 Å². The quantitative estimate of drug-likeness (QED) is 0.830. The second-order valence-corrected chi connectivity index (χ2v) is 6.02. The lowest BCUT2D eigenvalue weighted by molar-refractivity contribution is -0.129. The first kappa shape index (κ1) is 16.5. The van der Waals surface area contributed by atoms with E-state index in [0.717, 1.165) is 13.1 Å². The van der Waals surface area contributed by atoms with Crippen molar-refractivity contribution in [2.45, 2.75) is 31.8 Å². The van der Waals surface area contributed by atoms with E-state index in [4.69, 9.17) is 0 Å². The predicted molar refractivity (Wildman–Crippen MR) is 86.6 cm³/mol. The molecule has 0 aliphatic heterocycles. The Labute approximate surface area is 132 Å². The van der Waals surface area contributed by atoms with E-state index in [1.165, 1.54) is 18.4 Å². The molecule has 1 aliphatic carbocycles. The predicted octanol–water partition coefficient (Wildman–Crippen LogP) is 1.49. The Morgan fingerprint density at radius 1 is 1.18 bits per heavy atom. The first-order valence-electron chi connectivity index (χ1n) is 7.76. The minimum atomic E-state index is -0.0674. The fourth-order valence-corrected chi connectivity index (χ4v) is 2.43. The van der Waals surface area contributed by atoms with Crippen molar-refractivity contribution in [1.82, 2.24) is 15.1 Å².